The zero-order valence-electron chi connectivity index (χ0n) is 11.7. The van der Waals surface area contributed by atoms with Crippen molar-refractivity contribution in [3.05, 3.63) is 34.9 Å². The van der Waals surface area contributed by atoms with E-state index in [1.807, 2.05) is 23.1 Å². The van der Waals surface area contributed by atoms with Crippen LogP contribution in [0, 0.1) is 0 Å². The molecular formula is C14H20ClNO4S. The molecule has 0 aromatic heterocycles. The van der Waals surface area contributed by atoms with Crippen LogP contribution in [-0.4, -0.2) is 60.3 Å². The van der Waals surface area contributed by atoms with E-state index in [-0.39, 0.29) is 30.7 Å². The van der Waals surface area contributed by atoms with E-state index in [4.69, 9.17) is 16.7 Å². The van der Waals surface area contributed by atoms with Gasteiger partial charge in [-0.15, -0.1) is 0 Å². The van der Waals surface area contributed by atoms with Crippen molar-refractivity contribution in [2.75, 3.05) is 24.7 Å². The first-order valence-corrected chi connectivity index (χ1v) is 9.07. The van der Waals surface area contributed by atoms with Gasteiger partial charge in [0.05, 0.1) is 24.2 Å². The molecule has 118 valence electrons. The SMILES string of the molecule is O=S1(=O)CC[C@@H](N(Cc2cccc(Cl)c2)C[C@@H](O)CO)C1. The minimum absolute atomic E-state index is 0.103. The summed E-state index contributed by atoms with van der Waals surface area (Å²) in [6.45, 7) is 0.395. The lowest BCUT2D eigenvalue weighted by Gasteiger charge is -2.29. The van der Waals surface area contributed by atoms with Gasteiger partial charge in [-0.1, -0.05) is 23.7 Å². The van der Waals surface area contributed by atoms with Gasteiger partial charge in [-0.2, -0.15) is 0 Å². The van der Waals surface area contributed by atoms with E-state index >= 15 is 0 Å². The predicted octanol–water partition coefficient (Wildman–Crippen LogP) is 0.682. The van der Waals surface area contributed by atoms with Gasteiger partial charge in [0.25, 0.3) is 0 Å². The van der Waals surface area contributed by atoms with Crippen LogP contribution in [0.3, 0.4) is 0 Å². The Morgan fingerprint density at radius 2 is 2.19 bits per heavy atom. The Morgan fingerprint density at radius 3 is 2.76 bits per heavy atom. The second-order valence-electron chi connectivity index (χ2n) is 5.45. The van der Waals surface area contributed by atoms with Gasteiger partial charge in [0.1, 0.15) is 0 Å². The molecule has 1 aliphatic rings. The Balaban J connectivity index is 2.12. The van der Waals surface area contributed by atoms with Crippen LogP contribution in [0.25, 0.3) is 0 Å². The molecule has 21 heavy (non-hydrogen) atoms. The normalized spacial score (nSPS) is 22.6. The van der Waals surface area contributed by atoms with Crippen molar-refractivity contribution in [3.8, 4) is 0 Å². The Hall–Kier alpha value is -0.660. The fraction of sp³-hybridized carbons (Fsp3) is 0.571. The van der Waals surface area contributed by atoms with E-state index in [9.17, 15) is 13.5 Å². The Labute approximate surface area is 130 Å². The molecule has 0 saturated carbocycles. The van der Waals surface area contributed by atoms with E-state index in [0.717, 1.165) is 5.56 Å². The minimum Gasteiger partial charge on any atom is -0.394 e. The summed E-state index contributed by atoms with van der Waals surface area (Å²) in [7, 11) is -3.00. The number of aliphatic hydroxyl groups is 2. The van der Waals surface area contributed by atoms with Crippen LogP contribution in [0.1, 0.15) is 12.0 Å². The van der Waals surface area contributed by atoms with Crippen LogP contribution in [0.5, 0.6) is 0 Å². The van der Waals surface area contributed by atoms with Gasteiger partial charge in [0.2, 0.25) is 0 Å². The first kappa shape index (κ1) is 16.7. The Bertz CT molecular complexity index is 578. The van der Waals surface area contributed by atoms with Gasteiger partial charge in [-0.05, 0) is 24.1 Å². The van der Waals surface area contributed by atoms with Gasteiger partial charge < -0.3 is 10.2 Å². The molecule has 1 saturated heterocycles. The van der Waals surface area contributed by atoms with E-state index in [1.165, 1.54) is 0 Å². The second-order valence-corrected chi connectivity index (χ2v) is 8.12. The highest BCUT2D eigenvalue weighted by atomic mass is 35.5. The summed E-state index contributed by atoms with van der Waals surface area (Å²) in [4.78, 5) is 1.91. The summed E-state index contributed by atoms with van der Waals surface area (Å²) in [6, 6.07) is 7.22. The summed E-state index contributed by atoms with van der Waals surface area (Å²) in [5.41, 5.74) is 0.955. The molecule has 1 aliphatic heterocycles. The number of hydrogen-bond acceptors (Lipinski definition) is 5. The molecule has 0 aliphatic carbocycles. The van der Waals surface area contributed by atoms with Crippen molar-refractivity contribution >= 4 is 21.4 Å². The first-order chi connectivity index (χ1) is 9.89. The largest absolute Gasteiger partial charge is 0.394 e. The number of hydrogen-bond donors (Lipinski definition) is 2. The fourth-order valence-corrected chi connectivity index (χ4v) is 4.58. The molecule has 5 nitrogen and oxygen atoms in total. The predicted molar refractivity (Wildman–Crippen MR) is 82.0 cm³/mol. The van der Waals surface area contributed by atoms with Gasteiger partial charge in [0, 0.05) is 24.2 Å². The van der Waals surface area contributed by atoms with Crippen LogP contribution in [0.15, 0.2) is 24.3 Å². The maximum absolute atomic E-state index is 11.6. The third-order valence-electron chi connectivity index (χ3n) is 3.66. The average molecular weight is 334 g/mol. The maximum atomic E-state index is 11.6. The van der Waals surface area contributed by atoms with Crippen molar-refractivity contribution in [2.24, 2.45) is 0 Å². The first-order valence-electron chi connectivity index (χ1n) is 6.87. The molecule has 1 fully saturated rings. The standard InChI is InChI=1S/C14H20ClNO4S/c15-12-3-1-2-11(6-12)7-16(8-14(18)9-17)13-4-5-21(19,20)10-13/h1-3,6,13-14,17-18H,4-5,7-10H2/t13-,14-/m1/s1. The van der Waals surface area contributed by atoms with Crippen LogP contribution in [0.4, 0.5) is 0 Å². The van der Waals surface area contributed by atoms with Crippen LogP contribution < -0.4 is 0 Å². The molecule has 0 amide bonds. The molecule has 1 aromatic rings. The van der Waals surface area contributed by atoms with Crippen molar-refractivity contribution in [1.29, 1.82) is 0 Å². The molecule has 1 heterocycles. The molecule has 2 atom stereocenters. The zero-order valence-corrected chi connectivity index (χ0v) is 13.2. The second kappa shape index (κ2) is 7.07. The Kier molecular flexibility index (Phi) is 5.62. The topological polar surface area (TPSA) is 77.8 Å². The lowest BCUT2D eigenvalue weighted by atomic mass is 10.1. The van der Waals surface area contributed by atoms with Crippen LogP contribution in [-0.2, 0) is 16.4 Å². The summed E-state index contributed by atoms with van der Waals surface area (Å²) >= 11 is 5.96. The number of halogens is 1. The monoisotopic (exact) mass is 333 g/mol. The molecule has 0 bridgehead atoms. The number of nitrogens with zero attached hydrogens (tertiary/aromatic N) is 1. The third kappa shape index (κ3) is 4.93. The smallest absolute Gasteiger partial charge is 0.151 e. The quantitative estimate of drug-likeness (QED) is 0.800. The number of aliphatic hydroxyl groups excluding tert-OH is 2. The van der Waals surface area contributed by atoms with Crippen molar-refractivity contribution in [3.63, 3.8) is 0 Å². The lowest BCUT2D eigenvalue weighted by molar-refractivity contribution is 0.0447. The Morgan fingerprint density at radius 1 is 1.43 bits per heavy atom. The van der Waals surface area contributed by atoms with Crippen LogP contribution >= 0.6 is 11.6 Å². The molecular weight excluding hydrogens is 314 g/mol. The molecule has 1 aromatic carbocycles. The molecule has 7 heteroatoms. The zero-order chi connectivity index (χ0) is 15.5. The number of sulfone groups is 1. The highest BCUT2D eigenvalue weighted by Gasteiger charge is 2.32. The van der Waals surface area contributed by atoms with Gasteiger partial charge in [-0.25, -0.2) is 8.42 Å². The lowest BCUT2D eigenvalue weighted by Crippen LogP contribution is -2.41. The molecule has 2 rings (SSSR count). The number of benzene rings is 1. The van der Waals surface area contributed by atoms with Crippen molar-refractivity contribution in [1.82, 2.24) is 4.90 Å². The summed E-state index contributed by atoms with van der Waals surface area (Å²) < 4.78 is 23.3. The summed E-state index contributed by atoms with van der Waals surface area (Å²) in [5.74, 6) is 0.282. The highest BCUT2D eigenvalue weighted by Crippen LogP contribution is 2.21. The molecule has 2 N–H and O–H groups in total. The van der Waals surface area contributed by atoms with Crippen LogP contribution in [0.2, 0.25) is 5.02 Å². The molecule has 0 radical (unpaired) electrons. The van der Waals surface area contributed by atoms with Gasteiger partial charge in [-0.3, -0.25) is 4.90 Å². The van der Waals surface area contributed by atoms with E-state index in [2.05, 4.69) is 0 Å². The average Bonchev–Trinajstić information content (AvgIpc) is 2.78. The van der Waals surface area contributed by atoms with Gasteiger partial charge in [0.15, 0.2) is 9.84 Å². The molecule has 0 unspecified atom stereocenters. The highest BCUT2D eigenvalue weighted by molar-refractivity contribution is 7.91. The van der Waals surface area contributed by atoms with E-state index in [0.29, 0.717) is 18.0 Å². The fourth-order valence-electron chi connectivity index (χ4n) is 2.60. The van der Waals surface area contributed by atoms with E-state index in [1.54, 1.807) is 6.07 Å². The van der Waals surface area contributed by atoms with Gasteiger partial charge >= 0.3 is 0 Å². The minimum atomic E-state index is -3.00. The summed E-state index contributed by atoms with van der Waals surface area (Å²) in [6.07, 6.45) is -0.325. The third-order valence-corrected chi connectivity index (χ3v) is 5.64. The van der Waals surface area contributed by atoms with Crippen molar-refractivity contribution < 1.29 is 18.6 Å². The summed E-state index contributed by atoms with van der Waals surface area (Å²) in [5, 5.41) is 19.3. The van der Waals surface area contributed by atoms with E-state index < -0.39 is 15.9 Å². The molecule has 0 spiro atoms. The van der Waals surface area contributed by atoms with Crippen molar-refractivity contribution in [2.45, 2.75) is 25.1 Å². The number of rotatable bonds is 6. The maximum Gasteiger partial charge on any atom is 0.151 e.